The van der Waals surface area contributed by atoms with Crippen LogP contribution in [0.3, 0.4) is 0 Å². The Morgan fingerprint density at radius 1 is 1.33 bits per heavy atom. The van der Waals surface area contributed by atoms with Crippen molar-refractivity contribution >= 4 is 43.2 Å². The normalized spacial score (nSPS) is 12.7. The van der Waals surface area contributed by atoms with Crippen molar-refractivity contribution in [2.75, 3.05) is 5.33 Å². The van der Waals surface area contributed by atoms with Crippen LogP contribution in [0, 0.1) is 13.8 Å². The Balaban J connectivity index is 2.19. The van der Waals surface area contributed by atoms with Gasteiger partial charge in [0, 0.05) is 21.1 Å². The molecule has 2 rings (SSSR count). The molecule has 0 aliphatic heterocycles. The average molecular weight is 389 g/mol. The first kappa shape index (κ1) is 14.2. The summed E-state index contributed by atoms with van der Waals surface area (Å²) in [6, 6.07) is 8.53. The van der Waals surface area contributed by atoms with Gasteiger partial charge in [0.2, 0.25) is 0 Å². The number of halogens is 2. The smallest absolute Gasteiger partial charge is 0.0937 e. The SMILES string of the molecule is Cc1nc(CC(CBr)c2cccc(Br)c2)sc1C. The highest BCUT2D eigenvalue weighted by molar-refractivity contribution is 9.10. The molecule has 0 fully saturated rings. The van der Waals surface area contributed by atoms with Crippen LogP contribution in [0.5, 0.6) is 0 Å². The molecule has 1 nitrogen and oxygen atoms in total. The molecule has 0 aliphatic carbocycles. The lowest BCUT2D eigenvalue weighted by molar-refractivity contribution is 0.767. The largest absolute Gasteiger partial charge is 0.246 e. The summed E-state index contributed by atoms with van der Waals surface area (Å²) in [5, 5.41) is 2.19. The molecule has 1 aromatic carbocycles. The fourth-order valence-corrected chi connectivity index (χ4v) is 3.89. The van der Waals surface area contributed by atoms with Gasteiger partial charge in [-0.3, -0.25) is 0 Å². The highest BCUT2D eigenvalue weighted by atomic mass is 79.9. The zero-order valence-electron chi connectivity index (χ0n) is 10.4. The van der Waals surface area contributed by atoms with E-state index in [0.717, 1.165) is 21.9 Å². The van der Waals surface area contributed by atoms with Gasteiger partial charge >= 0.3 is 0 Å². The van der Waals surface area contributed by atoms with Crippen LogP contribution in [0.25, 0.3) is 0 Å². The molecule has 0 bridgehead atoms. The second-order valence-corrected chi connectivity index (χ2v) is 7.21. The van der Waals surface area contributed by atoms with Gasteiger partial charge in [0.05, 0.1) is 10.7 Å². The lowest BCUT2D eigenvalue weighted by Gasteiger charge is -2.13. The van der Waals surface area contributed by atoms with Crippen molar-refractivity contribution in [3.8, 4) is 0 Å². The van der Waals surface area contributed by atoms with E-state index in [1.54, 1.807) is 0 Å². The number of aryl methyl sites for hydroxylation is 2. The van der Waals surface area contributed by atoms with E-state index < -0.39 is 0 Å². The van der Waals surface area contributed by atoms with E-state index >= 15 is 0 Å². The Morgan fingerprint density at radius 3 is 2.67 bits per heavy atom. The van der Waals surface area contributed by atoms with Crippen molar-refractivity contribution in [2.45, 2.75) is 26.2 Å². The summed E-state index contributed by atoms with van der Waals surface area (Å²) in [6.07, 6.45) is 1.00. The third-order valence-electron chi connectivity index (χ3n) is 3.00. The zero-order valence-corrected chi connectivity index (χ0v) is 14.4. The Kier molecular flexibility index (Phi) is 4.98. The van der Waals surface area contributed by atoms with Crippen LogP contribution in [0.4, 0.5) is 0 Å². The number of nitrogens with zero attached hydrogens (tertiary/aromatic N) is 1. The second-order valence-electron chi connectivity index (χ2n) is 4.36. The van der Waals surface area contributed by atoms with Crippen molar-refractivity contribution in [1.82, 2.24) is 4.98 Å². The van der Waals surface area contributed by atoms with Crippen LogP contribution in [0.2, 0.25) is 0 Å². The Hall–Kier alpha value is -0.190. The summed E-state index contributed by atoms with van der Waals surface area (Å²) in [6.45, 7) is 4.22. The summed E-state index contributed by atoms with van der Waals surface area (Å²) in [5.41, 5.74) is 2.52. The van der Waals surface area contributed by atoms with E-state index in [9.17, 15) is 0 Å². The summed E-state index contributed by atoms with van der Waals surface area (Å²) >= 11 is 8.97. The van der Waals surface area contributed by atoms with Gasteiger partial charge in [-0.05, 0) is 37.5 Å². The van der Waals surface area contributed by atoms with Gasteiger partial charge in [-0.1, -0.05) is 44.0 Å². The Bertz CT molecular complexity index is 517. The Morgan fingerprint density at radius 2 is 2.11 bits per heavy atom. The third-order valence-corrected chi connectivity index (χ3v) is 5.37. The summed E-state index contributed by atoms with van der Waals surface area (Å²) in [4.78, 5) is 5.96. The van der Waals surface area contributed by atoms with Crippen LogP contribution >= 0.6 is 43.2 Å². The van der Waals surface area contributed by atoms with Gasteiger partial charge in [0.25, 0.3) is 0 Å². The third kappa shape index (κ3) is 3.43. The molecule has 1 unspecified atom stereocenters. The minimum atomic E-state index is 0.479. The Labute approximate surface area is 129 Å². The monoisotopic (exact) mass is 387 g/mol. The predicted octanol–water partition coefficient (Wildman–Crippen LogP) is 5.24. The van der Waals surface area contributed by atoms with Crippen LogP contribution in [-0.4, -0.2) is 10.3 Å². The van der Waals surface area contributed by atoms with Crippen LogP contribution in [0.15, 0.2) is 28.7 Å². The number of rotatable bonds is 4. The number of hydrogen-bond donors (Lipinski definition) is 0. The molecule has 1 aromatic heterocycles. The van der Waals surface area contributed by atoms with Crippen LogP contribution in [-0.2, 0) is 6.42 Å². The molecule has 0 aliphatic rings. The molecule has 18 heavy (non-hydrogen) atoms. The first-order valence-corrected chi connectivity index (χ1v) is 8.57. The molecule has 0 N–H and O–H groups in total. The molecule has 0 radical (unpaired) electrons. The molecule has 0 amide bonds. The molecular weight excluding hydrogens is 374 g/mol. The number of hydrogen-bond acceptors (Lipinski definition) is 2. The fourth-order valence-electron chi connectivity index (χ4n) is 1.86. The standard InChI is InChI=1S/C14H15Br2NS/c1-9-10(2)18-14(17-9)7-12(8-15)11-4-3-5-13(16)6-11/h3-6,12H,7-8H2,1-2H3. The topological polar surface area (TPSA) is 12.9 Å². The molecule has 1 heterocycles. The molecule has 1 atom stereocenters. The number of benzene rings is 1. The lowest BCUT2D eigenvalue weighted by Crippen LogP contribution is -2.04. The number of aromatic nitrogens is 1. The van der Waals surface area contributed by atoms with Crippen LogP contribution in [0.1, 0.15) is 27.1 Å². The molecule has 0 spiro atoms. The van der Waals surface area contributed by atoms with Crippen molar-refractivity contribution in [2.24, 2.45) is 0 Å². The van der Waals surface area contributed by atoms with Crippen molar-refractivity contribution < 1.29 is 0 Å². The zero-order chi connectivity index (χ0) is 13.1. The van der Waals surface area contributed by atoms with E-state index in [4.69, 9.17) is 0 Å². The van der Waals surface area contributed by atoms with Gasteiger partial charge in [-0.2, -0.15) is 0 Å². The van der Waals surface area contributed by atoms with E-state index in [2.05, 4.69) is 75.0 Å². The van der Waals surface area contributed by atoms with E-state index in [1.165, 1.54) is 15.4 Å². The van der Waals surface area contributed by atoms with Gasteiger partial charge in [-0.15, -0.1) is 11.3 Å². The van der Waals surface area contributed by atoms with E-state index in [-0.39, 0.29) is 0 Å². The van der Waals surface area contributed by atoms with Crippen molar-refractivity contribution in [3.63, 3.8) is 0 Å². The lowest BCUT2D eigenvalue weighted by atomic mass is 9.98. The first-order valence-electron chi connectivity index (χ1n) is 5.84. The highest BCUT2D eigenvalue weighted by Gasteiger charge is 2.14. The van der Waals surface area contributed by atoms with Gasteiger partial charge in [0.1, 0.15) is 0 Å². The quantitative estimate of drug-likeness (QED) is 0.652. The molecular formula is C14H15Br2NS. The number of thiazole rings is 1. The highest BCUT2D eigenvalue weighted by Crippen LogP contribution is 2.28. The fraction of sp³-hybridized carbons (Fsp3) is 0.357. The maximum Gasteiger partial charge on any atom is 0.0937 e. The maximum absolute atomic E-state index is 4.63. The summed E-state index contributed by atoms with van der Waals surface area (Å²) in [7, 11) is 0. The van der Waals surface area contributed by atoms with E-state index in [1.807, 2.05) is 11.3 Å². The van der Waals surface area contributed by atoms with E-state index in [0.29, 0.717) is 5.92 Å². The summed E-state index contributed by atoms with van der Waals surface area (Å²) in [5.74, 6) is 0.479. The van der Waals surface area contributed by atoms with Gasteiger partial charge in [0.15, 0.2) is 0 Å². The molecule has 96 valence electrons. The maximum atomic E-state index is 4.63. The van der Waals surface area contributed by atoms with Gasteiger partial charge in [-0.25, -0.2) is 4.98 Å². The van der Waals surface area contributed by atoms with Crippen molar-refractivity contribution in [3.05, 3.63) is 49.9 Å². The molecule has 2 aromatic rings. The minimum absolute atomic E-state index is 0.479. The number of alkyl halides is 1. The average Bonchev–Trinajstić information content (AvgIpc) is 2.65. The van der Waals surface area contributed by atoms with Crippen molar-refractivity contribution in [1.29, 1.82) is 0 Å². The summed E-state index contributed by atoms with van der Waals surface area (Å²) < 4.78 is 1.14. The van der Waals surface area contributed by atoms with Crippen LogP contribution < -0.4 is 0 Å². The second kappa shape index (κ2) is 6.31. The molecule has 0 saturated carbocycles. The predicted molar refractivity (Wildman–Crippen MR) is 86.0 cm³/mol. The van der Waals surface area contributed by atoms with Gasteiger partial charge < -0.3 is 0 Å². The first-order chi connectivity index (χ1) is 8.60. The minimum Gasteiger partial charge on any atom is -0.246 e. The molecule has 0 saturated heterocycles. The molecule has 4 heteroatoms.